The lowest BCUT2D eigenvalue weighted by atomic mass is 9.76. The van der Waals surface area contributed by atoms with Gasteiger partial charge in [0.15, 0.2) is 0 Å². The van der Waals surface area contributed by atoms with E-state index in [1.165, 1.54) is 29.7 Å². The van der Waals surface area contributed by atoms with Crippen LogP contribution in [-0.2, 0) is 0 Å². The molecule has 1 aliphatic rings. The Morgan fingerprint density at radius 1 is 1.43 bits per heavy atom. The molecule has 3 unspecified atom stereocenters. The molecule has 2 rings (SSSR count). The van der Waals surface area contributed by atoms with Crippen molar-refractivity contribution in [1.82, 2.24) is 0 Å². The molecular formula is C12H19NS. The zero-order valence-electron chi connectivity index (χ0n) is 8.99. The van der Waals surface area contributed by atoms with Gasteiger partial charge in [-0.05, 0) is 49.1 Å². The molecule has 1 aromatic rings. The first-order valence-electron chi connectivity index (χ1n) is 5.48. The van der Waals surface area contributed by atoms with Crippen LogP contribution in [0.25, 0.3) is 0 Å². The van der Waals surface area contributed by atoms with E-state index in [2.05, 4.69) is 25.3 Å². The van der Waals surface area contributed by atoms with E-state index in [-0.39, 0.29) is 0 Å². The van der Waals surface area contributed by atoms with Crippen molar-refractivity contribution in [2.45, 2.75) is 45.1 Å². The predicted molar refractivity (Wildman–Crippen MR) is 62.8 cm³/mol. The lowest BCUT2D eigenvalue weighted by molar-refractivity contribution is 0.306. The fraction of sp³-hybridized carbons (Fsp3) is 0.667. The smallest absolute Gasteiger partial charge is 0.0108 e. The van der Waals surface area contributed by atoms with Crippen molar-refractivity contribution in [3.8, 4) is 0 Å². The minimum atomic E-state index is 0.388. The van der Waals surface area contributed by atoms with Gasteiger partial charge in [0.1, 0.15) is 0 Å². The maximum atomic E-state index is 6.21. The minimum absolute atomic E-state index is 0.388. The molecule has 0 radical (unpaired) electrons. The summed E-state index contributed by atoms with van der Waals surface area (Å²) in [7, 11) is 0. The Bertz CT molecular complexity index is 305. The summed E-state index contributed by atoms with van der Waals surface area (Å²) >= 11 is 1.85. The number of hydrogen-bond acceptors (Lipinski definition) is 2. The van der Waals surface area contributed by atoms with Crippen LogP contribution < -0.4 is 5.73 Å². The van der Waals surface area contributed by atoms with Gasteiger partial charge in [-0.25, -0.2) is 0 Å². The third kappa shape index (κ3) is 1.86. The average Bonchev–Trinajstić information content (AvgIpc) is 2.56. The van der Waals surface area contributed by atoms with Crippen molar-refractivity contribution < 1.29 is 0 Å². The highest BCUT2D eigenvalue weighted by atomic mass is 32.1. The van der Waals surface area contributed by atoms with Gasteiger partial charge >= 0.3 is 0 Å². The van der Waals surface area contributed by atoms with Crippen molar-refractivity contribution in [2.75, 3.05) is 0 Å². The monoisotopic (exact) mass is 209 g/mol. The molecule has 1 aliphatic carbocycles. The molecule has 0 bridgehead atoms. The standard InChI is InChI=1S/C12H19NS/c1-8-3-4-12(13)11(7-8)10-5-6-14-9(10)2/h5-6,8,11-12H,3-4,7,13H2,1-2H3. The second-order valence-electron chi connectivity index (χ2n) is 4.62. The Morgan fingerprint density at radius 3 is 2.86 bits per heavy atom. The number of nitrogens with two attached hydrogens (primary N) is 1. The fourth-order valence-corrected chi connectivity index (χ4v) is 3.32. The molecule has 1 nitrogen and oxygen atoms in total. The molecule has 2 N–H and O–H groups in total. The van der Waals surface area contributed by atoms with Gasteiger partial charge in [-0.3, -0.25) is 0 Å². The summed E-state index contributed by atoms with van der Waals surface area (Å²) in [6, 6.07) is 2.65. The summed E-state index contributed by atoms with van der Waals surface area (Å²) in [5, 5.41) is 2.19. The predicted octanol–water partition coefficient (Wildman–Crippen LogP) is 3.29. The second-order valence-corrected chi connectivity index (χ2v) is 5.74. The van der Waals surface area contributed by atoms with Gasteiger partial charge in [0.25, 0.3) is 0 Å². The molecule has 1 fully saturated rings. The Balaban J connectivity index is 2.20. The summed E-state index contributed by atoms with van der Waals surface area (Å²) < 4.78 is 0. The largest absolute Gasteiger partial charge is 0.327 e. The van der Waals surface area contributed by atoms with Crippen LogP contribution in [0.2, 0.25) is 0 Å². The van der Waals surface area contributed by atoms with Crippen LogP contribution in [0.5, 0.6) is 0 Å². The highest BCUT2D eigenvalue weighted by Gasteiger charge is 2.28. The van der Waals surface area contributed by atoms with E-state index in [1.807, 2.05) is 11.3 Å². The molecule has 0 spiro atoms. The van der Waals surface area contributed by atoms with Crippen LogP contribution in [0.15, 0.2) is 11.4 Å². The van der Waals surface area contributed by atoms with Gasteiger partial charge in [-0.1, -0.05) is 6.92 Å². The molecule has 78 valence electrons. The van der Waals surface area contributed by atoms with E-state index >= 15 is 0 Å². The summed E-state index contributed by atoms with van der Waals surface area (Å²) in [4.78, 5) is 1.46. The third-order valence-corrected chi connectivity index (χ3v) is 4.33. The zero-order valence-corrected chi connectivity index (χ0v) is 9.81. The second kappa shape index (κ2) is 4.03. The molecule has 14 heavy (non-hydrogen) atoms. The van der Waals surface area contributed by atoms with Crippen LogP contribution in [-0.4, -0.2) is 6.04 Å². The van der Waals surface area contributed by atoms with Crippen molar-refractivity contribution in [3.05, 3.63) is 21.9 Å². The minimum Gasteiger partial charge on any atom is -0.327 e. The lowest BCUT2D eigenvalue weighted by Gasteiger charge is -2.32. The molecule has 3 atom stereocenters. The summed E-state index contributed by atoms with van der Waals surface area (Å²) in [6.45, 7) is 4.56. The molecule has 0 aromatic carbocycles. The van der Waals surface area contributed by atoms with Gasteiger partial charge in [0, 0.05) is 16.8 Å². The number of thiophene rings is 1. The van der Waals surface area contributed by atoms with Crippen LogP contribution >= 0.6 is 11.3 Å². The molecular weight excluding hydrogens is 190 g/mol. The van der Waals surface area contributed by atoms with E-state index in [4.69, 9.17) is 5.73 Å². The van der Waals surface area contributed by atoms with Crippen LogP contribution in [0.3, 0.4) is 0 Å². The van der Waals surface area contributed by atoms with E-state index < -0.39 is 0 Å². The highest BCUT2D eigenvalue weighted by Crippen LogP contribution is 2.37. The topological polar surface area (TPSA) is 26.0 Å². The quantitative estimate of drug-likeness (QED) is 0.754. The van der Waals surface area contributed by atoms with Crippen LogP contribution in [0, 0.1) is 12.8 Å². The third-order valence-electron chi connectivity index (χ3n) is 3.46. The van der Waals surface area contributed by atoms with Crippen molar-refractivity contribution >= 4 is 11.3 Å². The summed E-state index contributed by atoms with van der Waals surface area (Å²) in [6.07, 6.45) is 3.78. The van der Waals surface area contributed by atoms with Gasteiger partial charge < -0.3 is 5.73 Å². The first-order valence-corrected chi connectivity index (χ1v) is 6.36. The van der Waals surface area contributed by atoms with Crippen LogP contribution in [0.4, 0.5) is 0 Å². The zero-order chi connectivity index (χ0) is 10.1. The Labute approximate surface area is 90.3 Å². The normalized spacial score (nSPS) is 33.2. The summed E-state index contributed by atoms with van der Waals surface area (Å²) in [5.41, 5.74) is 7.71. The molecule has 1 aromatic heterocycles. The van der Waals surface area contributed by atoms with Crippen molar-refractivity contribution in [3.63, 3.8) is 0 Å². The van der Waals surface area contributed by atoms with E-state index in [0.29, 0.717) is 12.0 Å². The lowest BCUT2D eigenvalue weighted by Crippen LogP contribution is -2.34. The Hall–Kier alpha value is -0.340. The Morgan fingerprint density at radius 2 is 2.21 bits per heavy atom. The summed E-state index contributed by atoms with van der Waals surface area (Å²) in [5.74, 6) is 1.46. The average molecular weight is 209 g/mol. The van der Waals surface area contributed by atoms with E-state index in [9.17, 15) is 0 Å². The molecule has 0 amide bonds. The van der Waals surface area contributed by atoms with Gasteiger partial charge in [-0.2, -0.15) is 0 Å². The fourth-order valence-electron chi connectivity index (χ4n) is 2.54. The van der Waals surface area contributed by atoms with E-state index in [1.54, 1.807) is 0 Å². The van der Waals surface area contributed by atoms with Gasteiger partial charge in [-0.15, -0.1) is 11.3 Å². The van der Waals surface area contributed by atoms with Gasteiger partial charge in [0.05, 0.1) is 0 Å². The SMILES string of the molecule is Cc1sccc1C1CC(C)CCC1N. The first-order chi connectivity index (χ1) is 6.68. The molecule has 1 saturated carbocycles. The number of rotatable bonds is 1. The van der Waals surface area contributed by atoms with Gasteiger partial charge in [0.2, 0.25) is 0 Å². The number of aryl methyl sites for hydroxylation is 1. The van der Waals surface area contributed by atoms with E-state index in [0.717, 1.165) is 5.92 Å². The highest BCUT2D eigenvalue weighted by molar-refractivity contribution is 7.10. The maximum absolute atomic E-state index is 6.21. The van der Waals surface area contributed by atoms with Crippen molar-refractivity contribution in [1.29, 1.82) is 0 Å². The molecule has 1 heterocycles. The first kappa shape index (κ1) is 10.2. The number of hydrogen-bond donors (Lipinski definition) is 1. The Kier molecular flexibility index (Phi) is 2.93. The molecule has 2 heteroatoms. The van der Waals surface area contributed by atoms with Crippen LogP contribution in [0.1, 0.15) is 42.5 Å². The molecule has 0 aliphatic heterocycles. The molecule has 0 saturated heterocycles. The van der Waals surface area contributed by atoms with Crippen molar-refractivity contribution in [2.24, 2.45) is 11.7 Å². The maximum Gasteiger partial charge on any atom is 0.0108 e.